The van der Waals surface area contributed by atoms with Crippen LogP contribution in [0, 0.1) is 0 Å². The number of aliphatic hydroxyl groups excluding tert-OH is 1. The third kappa shape index (κ3) is 4.32. The maximum atomic E-state index is 10.2. The molecule has 2 aromatic carbocycles. The van der Waals surface area contributed by atoms with E-state index in [9.17, 15) is 5.11 Å². The summed E-state index contributed by atoms with van der Waals surface area (Å²) in [7, 11) is 0. The highest BCUT2D eigenvalue weighted by Gasteiger charge is 2.10. The van der Waals surface area contributed by atoms with Crippen LogP contribution in [0.5, 0.6) is 0 Å². The van der Waals surface area contributed by atoms with Gasteiger partial charge >= 0.3 is 0 Å². The van der Waals surface area contributed by atoms with Gasteiger partial charge in [-0.2, -0.15) is 0 Å². The van der Waals surface area contributed by atoms with E-state index < -0.39 is 6.10 Å². The van der Waals surface area contributed by atoms with Crippen molar-refractivity contribution in [2.45, 2.75) is 19.1 Å². The first kappa shape index (κ1) is 15.5. The molecule has 0 saturated carbocycles. The minimum Gasteiger partial charge on any atom is -0.387 e. The standard InChI is InChI=1S/C16H17BrClNO/c1-11(12-5-7-15(18)8-6-12)19-10-16(20)13-3-2-4-14(17)9-13/h2-9,11,16,19-20H,10H2,1H3/t11-,16?/m0/s1. The van der Waals surface area contributed by atoms with Gasteiger partial charge in [-0.3, -0.25) is 0 Å². The smallest absolute Gasteiger partial charge is 0.0914 e. The number of hydrogen-bond donors (Lipinski definition) is 2. The maximum Gasteiger partial charge on any atom is 0.0914 e. The van der Waals surface area contributed by atoms with Gasteiger partial charge in [-0.05, 0) is 42.3 Å². The molecule has 106 valence electrons. The molecule has 2 atom stereocenters. The molecule has 2 nitrogen and oxygen atoms in total. The molecule has 20 heavy (non-hydrogen) atoms. The predicted octanol–water partition coefficient (Wildman–Crippen LogP) is 4.49. The van der Waals surface area contributed by atoms with Crippen molar-refractivity contribution < 1.29 is 5.11 Å². The van der Waals surface area contributed by atoms with Crippen molar-refractivity contribution in [2.75, 3.05) is 6.54 Å². The summed E-state index contributed by atoms with van der Waals surface area (Å²) < 4.78 is 0.972. The van der Waals surface area contributed by atoms with E-state index in [0.717, 1.165) is 20.6 Å². The van der Waals surface area contributed by atoms with Gasteiger partial charge in [0.1, 0.15) is 0 Å². The zero-order valence-corrected chi connectivity index (χ0v) is 13.5. The molecular weight excluding hydrogens is 338 g/mol. The fourth-order valence-electron chi connectivity index (χ4n) is 1.99. The molecule has 0 aliphatic rings. The lowest BCUT2D eigenvalue weighted by atomic mass is 10.1. The Morgan fingerprint density at radius 1 is 1.15 bits per heavy atom. The Bertz CT molecular complexity index is 559. The Labute approximate surface area is 132 Å². The lowest BCUT2D eigenvalue weighted by Gasteiger charge is -2.18. The van der Waals surface area contributed by atoms with Crippen molar-refractivity contribution in [2.24, 2.45) is 0 Å². The van der Waals surface area contributed by atoms with Crippen LogP contribution in [-0.2, 0) is 0 Å². The van der Waals surface area contributed by atoms with Crippen LogP contribution in [-0.4, -0.2) is 11.7 Å². The van der Waals surface area contributed by atoms with Gasteiger partial charge in [0.05, 0.1) is 6.10 Å². The predicted molar refractivity (Wildman–Crippen MR) is 87.0 cm³/mol. The van der Waals surface area contributed by atoms with Crippen LogP contribution in [0.4, 0.5) is 0 Å². The van der Waals surface area contributed by atoms with Crippen molar-refractivity contribution in [1.82, 2.24) is 5.32 Å². The molecule has 2 aromatic rings. The molecule has 0 saturated heterocycles. The lowest BCUT2D eigenvalue weighted by molar-refractivity contribution is 0.170. The number of benzene rings is 2. The van der Waals surface area contributed by atoms with Crippen LogP contribution in [0.3, 0.4) is 0 Å². The molecule has 0 aliphatic carbocycles. The van der Waals surface area contributed by atoms with Crippen LogP contribution >= 0.6 is 27.5 Å². The molecule has 0 spiro atoms. The Kier molecular flexibility index (Phi) is 5.61. The summed E-state index contributed by atoms with van der Waals surface area (Å²) in [4.78, 5) is 0. The highest BCUT2D eigenvalue weighted by molar-refractivity contribution is 9.10. The SMILES string of the molecule is C[C@H](NCC(O)c1cccc(Br)c1)c1ccc(Cl)cc1. The minimum atomic E-state index is -0.526. The highest BCUT2D eigenvalue weighted by atomic mass is 79.9. The van der Waals surface area contributed by atoms with Gasteiger partial charge in [-0.25, -0.2) is 0 Å². The third-order valence-corrected chi connectivity index (χ3v) is 3.97. The molecule has 0 radical (unpaired) electrons. The Morgan fingerprint density at radius 3 is 2.50 bits per heavy atom. The van der Waals surface area contributed by atoms with Crippen LogP contribution in [0.2, 0.25) is 5.02 Å². The van der Waals surface area contributed by atoms with Gasteiger partial charge in [0.15, 0.2) is 0 Å². The Hall–Kier alpha value is -0.870. The Balaban J connectivity index is 1.93. The Morgan fingerprint density at radius 2 is 1.85 bits per heavy atom. The minimum absolute atomic E-state index is 0.161. The van der Waals surface area contributed by atoms with E-state index in [4.69, 9.17) is 11.6 Å². The van der Waals surface area contributed by atoms with E-state index in [2.05, 4.69) is 28.2 Å². The number of nitrogens with one attached hydrogen (secondary N) is 1. The van der Waals surface area contributed by atoms with E-state index in [0.29, 0.717) is 6.54 Å². The van der Waals surface area contributed by atoms with E-state index in [1.54, 1.807) is 0 Å². The fraction of sp³-hybridized carbons (Fsp3) is 0.250. The highest BCUT2D eigenvalue weighted by Crippen LogP contribution is 2.20. The van der Waals surface area contributed by atoms with E-state index in [1.165, 1.54) is 0 Å². The first-order valence-electron chi connectivity index (χ1n) is 6.48. The summed E-state index contributed by atoms with van der Waals surface area (Å²) in [6, 6.07) is 15.6. The van der Waals surface area contributed by atoms with Gasteiger partial charge < -0.3 is 10.4 Å². The van der Waals surface area contributed by atoms with Gasteiger partial charge in [-0.15, -0.1) is 0 Å². The number of rotatable bonds is 5. The first-order chi connectivity index (χ1) is 9.56. The summed E-state index contributed by atoms with van der Waals surface area (Å²) in [5.74, 6) is 0. The topological polar surface area (TPSA) is 32.3 Å². The number of aliphatic hydroxyl groups is 1. The molecule has 0 heterocycles. The molecule has 0 amide bonds. The summed E-state index contributed by atoms with van der Waals surface area (Å²) in [5, 5.41) is 14.2. The van der Waals surface area contributed by atoms with E-state index in [-0.39, 0.29) is 6.04 Å². The average molecular weight is 355 g/mol. The van der Waals surface area contributed by atoms with E-state index >= 15 is 0 Å². The van der Waals surface area contributed by atoms with Crippen molar-refractivity contribution in [3.63, 3.8) is 0 Å². The zero-order chi connectivity index (χ0) is 14.5. The summed E-state index contributed by atoms with van der Waals surface area (Å²) in [5.41, 5.74) is 2.05. The molecule has 1 unspecified atom stereocenters. The molecule has 0 aliphatic heterocycles. The van der Waals surface area contributed by atoms with Crippen LogP contribution < -0.4 is 5.32 Å². The summed E-state index contributed by atoms with van der Waals surface area (Å²) in [6.45, 7) is 2.57. The molecule has 2 N–H and O–H groups in total. The molecule has 0 aromatic heterocycles. The molecule has 4 heteroatoms. The second-order valence-electron chi connectivity index (χ2n) is 4.75. The largest absolute Gasteiger partial charge is 0.387 e. The third-order valence-electron chi connectivity index (χ3n) is 3.22. The second-order valence-corrected chi connectivity index (χ2v) is 6.10. The molecule has 0 fully saturated rings. The summed E-state index contributed by atoms with van der Waals surface area (Å²) >= 11 is 9.28. The van der Waals surface area contributed by atoms with Crippen LogP contribution in [0.15, 0.2) is 53.0 Å². The average Bonchev–Trinajstić information content (AvgIpc) is 2.45. The van der Waals surface area contributed by atoms with Crippen molar-refractivity contribution in [1.29, 1.82) is 0 Å². The fourth-order valence-corrected chi connectivity index (χ4v) is 2.53. The van der Waals surface area contributed by atoms with Gasteiger partial charge in [-0.1, -0.05) is 51.8 Å². The molecular formula is C16H17BrClNO. The first-order valence-corrected chi connectivity index (χ1v) is 7.66. The van der Waals surface area contributed by atoms with E-state index in [1.807, 2.05) is 48.5 Å². The number of halogens is 2. The quantitative estimate of drug-likeness (QED) is 0.829. The summed E-state index contributed by atoms with van der Waals surface area (Å²) in [6.07, 6.45) is -0.526. The maximum absolute atomic E-state index is 10.2. The normalized spacial score (nSPS) is 14.0. The van der Waals surface area contributed by atoms with Crippen molar-refractivity contribution in [3.8, 4) is 0 Å². The number of hydrogen-bond acceptors (Lipinski definition) is 2. The lowest BCUT2D eigenvalue weighted by Crippen LogP contribution is -2.24. The van der Waals surface area contributed by atoms with Crippen LogP contribution in [0.1, 0.15) is 30.2 Å². The zero-order valence-electron chi connectivity index (χ0n) is 11.2. The van der Waals surface area contributed by atoms with Gasteiger partial charge in [0.2, 0.25) is 0 Å². The second kappa shape index (κ2) is 7.23. The van der Waals surface area contributed by atoms with Crippen molar-refractivity contribution in [3.05, 3.63) is 69.2 Å². The molecule has 0 bridgehead atoms. The monoisotopic (exact) mass is 353 g/mol. The molecule has 2 rings (SSSR count). The van der Waals surface area contributed by atoms with Crippen molar-refractivity contribution >= 4 is 27.5 Å². The van der Waals surface area contributed by atoms with Crippen LogP contribution in [0.25, 0.3) is 0 Å². The van der Waals surface area contributed by atoms with Gasteiger partial charge in [0.25, 0.3) is 0 Å². The van der Waals surface area contributed by atoms with Gasteiger partial charge in [0, 0.05) is 22.1 Å².